The molecule has 2 fully saturated rings. The van der Waals surface area contributed by atoms with Crippen molar-refractivity contribution in [2.45, 2.75) is 38.6 Å². The summed E-state index contributed by atoms with van der Waals surface area (Å²) in [6, 6.07) is 7.85. The van der Waals surface area contributed by atoms with E-state index in [1.165, 1.54) is 0 Å². The Morgan fingerprint density at radius 1 is 1.19 bits per heavy atom. The van der Waals surface area contributed by atoms with Crippen molar-refractivity contribution < 1.29 is 14.3 Å². The van der Waals surface area contributed by atoms with Crippen molar-refractivity contribution in [3.05, 3.63) is 36.4 Å². The van der Waals surface area contributed by atoms with Gasteiger partial charge in [-0.1, -0.05) is 0 Å². The molecule has 2 aliphatic heterocycles. The highest BCUT2D eigenvalue weighted by molar-refractivity contribution is 5.78. The third-order valence-electron chi connectivity index (χ3n) is 7.00. The van der Waals surface area contributed by atoms with Gasteiger partial charge in [0.15, 0.2) is 6.61 Å². The number of carbonyl (C=O) groups excluding carboxylic acids is 1. The molecule has 1 atom stereocenters. The van der Waals surface area contributed by atoms with Crippen molar-refractivity contribution in [3.63, 3.8) is 0 Å². The molecule has 1 aromatic heterocycles. The van der Waals surface area contributed by atoms with Gasteiger partial charge in [0.2, 0.25) is 0 Å². The van der Waals surface area contributed by atoms with E-state index in [4.69, 9.17) is 9.47 Å². The number of nitrogens with zero attached hydrogens (tertiary/aromatic N) is 5. The van der Waals surface area contributed by atoms with Crippen LogP contribution in [0.5, 0.6) is 11.5 Å². The van der Waals surface area contributed by atoms with Crippen LogP contribution in [0.1, 0.15) is 38.4 Å². The second-order valence-electron chi connectivity index (χ2n) is 9.08. The van der Waals surface area contributed by atoms with Crippen molar-refractivity contribution >= 4 is 5.91 Å². The van der Waals surface area contributed by atoms with Crippen LogP contribution in [0.15, 0.2) is 30.6 Å². The molecule has 0 bridgehead atoms. The molecule has 168 valence electrons. The normalized spacial score (nSPS) is 21.1. The lowest BCUT2D eigenvalue weighted by Gasteiger charge is -2.43. The van der Waals surface area contributed by atoms with E-state index in [9.17, 15) is 4.79 Å². The Balaban J connectivity index is 1.46. The van der Waals surface area contributed by atoms with Gasteiger partial charge in [0.1, 0.15) is 23.7 Å². The fourth-order valence-electron chi connectivity index (χ4n) is 5.02. The van der Waals surface area contributed by atoms with Crippen molar-refractivity contribution in [3.8, 4) is 11.5 Å². The highest BCUT2D eigenvalue weighted by Crippen LogP contribution is 2.49. The van der Waals surface area contributed by atoms with Gasteiger partial charge in [0.05, 0.1) is 7.11 Å². The second-order valence-corrected chi connectivity index (χ2v) is 9.08. The molecule has 2 aromatic rings. The molecular formula is C23H33N5O3. The molecule has 8 heteroatoms. The van der Waals surface area contributed by atoms with Crippen LogP contribution in [-0.2, 0) is 11.8 Å². The maximum atomic E-state index is 13.1. The number of ether oxygens (including phenoxy) is 2. The van der Waals surface area contributed by atoms with Gasteiger partial charge in [-0.15, -0.1) is 10.2 Å². The first-order valence-electron chi connectivity index (χ1n) is 11.0. The number of piperidine rings is 1. The minimum atomic E-state index is 0.0196. The first kappa shape index (κ1) is 21.6. The highest BCUT2D eigenvalue weighted by Gasteiger charge is 2.51. The summed E-state index contributed by atoms with van der Waals surface area (Å²) < 4.78 is 12.9. The van der Waals surface area contributed by atoms with E-state index in [0.29, 0.717) is 18.3 Å². The average molecular weight is 428 g/mol. The summed E-state index contributed by atoms with van der Waals surface area (Å²) in [4.78, 5) is 17.6. The molecule has 1 aromatic carbocycles. The smallest absolute Gasteiger partial charge is 0.260 e. The molecule has 2 aliphatic rings. The van der Waals surface area contributed by atoms with Crippen LogP contribution in [0, 0.1) is 5.41 Å². The minimum Gasteiger partial charge on any atom is -0.497 e. The molecule has 3 heterocycles. The number of amides is 1. The van der Waals surface area contributed by atoms with Gasteiger partial charge in [-0.2, -0.15) is 0 Å². The number of methoxy groups -OCH3 is 1. The van der Waals surface area contributed by atoms with Gasteiger partial charge < -0.3 is 23.8 Å². The SMILES string of the molecule is COc1ccc(OCC(=O)N2CC(c3nncn3C)C3(CCN(C(C)C)CC3)C2)cc1. The molecule has 1 unspecified atom stereocenters. The summed E-state index contributed by atoms with van der Waals surface area (Å²) in [5.74, 6) is 2.62. The van der Waals surface area contributed by atoms with Gasteiger partial charge >= 0.3 is 0 Å². The summed E-state index contributed by atoms with van der Waals surface area (Å²) in [5, 5.41) is 8.54. The molecule has 1 spiro atoms. The Labute approximate surface area is 184 Å². The molecule has 0 saturated carbocycles. The van der Waals surface area contributed by atoms with Gasteiger partial charge in [-0.3, -0.25) is 4.79 Å². The third-order valence-corrected chi connectivity index (χ3v) is 7.00. The van der Waals surface area contributed by atoms with Crippen LogP contribution in [0.3, 0.4) is 0 Å². The fraction of sp³-hybridized carbons (Fsp3) is 0.609. The first-order valence-corrected chi connectivity index (χ1v) is 11.0. The van der Waals surface area contributed by atoms with E-state index in [2.05, 4.69) is 28.9 Å². The van der Waals surface area contributed by atoms with E-state index in [1.54, 1.807) is 13.4 Å². The topological polar surface area (TPSA) is 72.7 Å². The monoisotopic (exact) mass is 427 g/mol. The van der Waals surface area contributed by atoms with Crippen LogP contribution in [0.4, 0.5) is 0 Å². The number of hydrogen-bond acceptors (Lipinski definition) is 6. The van der Waals surface area contributed by atoms with Gasteiger partial charge in [-0.05, 0) is 64.0 Å². The summed E-state index contributed by atoms with van der Waals surface area (Å²) in [5.41, 5.74) is 0.0436. The number of hydrogen-bond donors (Lipinski definition) is 0. The van der Waals surface area contributed by atoms with Crippen LogP contribution >= 0.6 is 0 Å². The highest BCUT2D eigenvalue weighted by atomic mass is 16.5. The number of likely N-dealkylation sites (tertiary alicyclic amines) is 2. The molecule has 4 rings (SSSR count). The fourth-order valence-corrected chi connectivity index (χ4v) is 5.02. The Bertz CT molecular complexity index is 887. The van der Waals surface area contributed by atoms with Crippen molar-refractivity contribution in [1.82, 2.24) is 24.6 Å². The van der Waals surface area contributed by atoms with Gasteiger partial charge in [0, 0.05) is 37.5 Å². The summed E-state index contributed by atoms with van der Waals surface area (Å²) in [6.07, 6.45) is 3.88. The zero-order chi connectivity index (χ0) is 22.0. The van der Waals surface area contributed by atoms with Gasteiger partial charge in [-0.25, -0.2) is 0 Å². The van der Waals surface area contributed by atoms with E-state index >= 15 is 0 Å². The molecule has 1 amide bonds. The van der Waals surface area contributed by atoms with Crippen LogP contribution in [0.25, 0.3) is 0 Å². The third kappa shape index (κ3) is 4.39. The van der Waals surface area contributed by atoms with Crippen LogP contribution in [-0.4, -0.2) is 76.4 Å². The zero-order valence-corrected chi connectivity index (χ0v) is 19.0. The number of aryl methyl sites for hydroxylation is 1. The summed E-state index contributed by atoms with van der Waals surface area (Å²) in [7, 11) is 3.62. The minimum absolute atomic E-state index is 0.0196. The largest absolute Gasteiger partial charge is 0.497 e. The Hall–Kier alpha value is -2.61. The first-order chi connectivity index (χ1) is 14.9. The molecular weight excluding hydrogens is 394 g/mol. The Morgan fingerprint density at radius 3 is 2.45 bits per heavy atom. The maximum Gasteiger partial charge on any atom is 0.260 e. The van der Waals surface area contributed by atoms with E-state index in [1.807, 2.05) is 40.8 Å². The second kappa shape index (κ2) is 8.86. The molecule has 31 heavy (non-hydrogen) atoms. The standard InChI is InChI=1S/C23H33N5O3/c1-17(2)27-11-9-23(10-12-27)15-28(13-20(23)22-25-24-16-26(22)3)21(29)14-31-19-7-5-18(30-4)6-8-19/h5-8,16-17,20H,9-15H2,1-4H3. The van der Waals surface area contributed by atoms with Crippen molar-refractivity contribution in [2.75, 3.05) is 39.9 Å². The average Bonchev–Trinajstić information content (AvgIpc) is 3.36. The van der Waals surface area contributed by atoms with Crippen LogP contribution < -0.4 is 9.47 Å². The maximum absolute atomic E-state index is 13.1. The number of benzene rings is 1. The number of carbonyl (C=O) groups is 1. The summed E-state index contributed by atoms with van der Waals surface area (Å²) in [6.45, 7) is 8.05. The molecule has 0 aliphatic carbocycles. The quantitative estimate of drug-likeness (QED) is 0.705. The molecule has 2 saturated heterocycles. The van der Waals surface area contributed by atoms with Crippen molar-refractivity contribution in [2.24, 2.45) is 12.5 Å². The molecule has 0 radical (unpaired) electrons. The van der Waals surface area contributed by atoms with E-state index < -0.39 is 0 Å². The predicted octanol–water partition coefficient (Wildman–Crippen LogP) is 2.32. The lowest BCUT2D eigenvalue weighted by atomic mass is 9.70. The molecule has 0 N–H and O–H groups in total. The predicted molar refractivity (Wildman–Crippen MR) is 117 cm³/mol. The Kier molecular flexibility index (Phi) is 6.18. The van der Waals surface area contributed by atoms with Crippen molar-refractivity contribution in [1.29, 1.82) is 0 Å². The zero-order valence-electron chi connectivity index (χ0n) is 19.0. The Morgan fingerprint density at radius 2 is 1.87 bits per heavy atom. The number of aromatic nitrogens is 3. The van der Waals surface area contributed by atoms with E-state index in [-0.39, 0.29) is 23.8 Å². The lowest BCUT2D eigenvalue weighted by Crippen LogP contribution is -2.46. The van der Waals surface area contributed by atoms with Gasteiger partial charge in [0.25, 0.3) is 5.91 Å². The van der Waals surface area contributed by atoms with E-state index in [0.717, 1.165) is 44.0 Å². The lowest BCUT2D eigenvalue weighted by molar-refractivity contribution is -0.132. The van der Waals surface area contributed by atoms with Crippen LogP contribution in [0.2, 0.25) is 0 Å². The molecule has 8 nitrogen and oxygen atoms in total. The number of rotatable bonds is 6. The summed E-state index contributed by atoms with van der Waals surface area (Å²) >= 11 is 0.